The molecule has 0 aromatic heterocycles. The molecule has 1 nitrogen and oxygen atoms in total. The number of hydrogen-bond acceptors (Lipinski definition) is 1. The van der Waals surface area contributed by atoms with Crippen LogP contribution in [0.5, 0.6) is 0 Å². The minimum Gasteiger partial charge on any atom is -0.298 e. The number of hydrogen-bond donors (Lipinski definition) is 0. The molecule has 5 saturated carbocycles. The Bertz CT molecular complexity index is 516. The van der Waals surface area contributed by atoms with Gasteiger partial charge in [0, 0.05) is 5.92 Å². The van der Waals surface area contributed by atoms with E-state index >= 15 is 0 Å². The van der Waals surface area contributed by atoms with Gasteiger partial charge in [-0.25, -0.2) is 0 Å². The number of fused-ring (bicyclic) bond motifs is 7. The van der Waals surface area contributed by atoms with E-state index in [1.807, 2.05) is 0 Å². The molecule has 128 valence electrons. The average molecular weight is 379 g/mol. The monoisotopic (exact) mass is 378 g/mol. The van der Waals surface area contributed by atoms with E-state index < -0.39 is 0 Å². The SMILES string of the molecule is C[C@]12CCC3[C@@H](CCC4C5C[C@H]5CC[C@@H]43)C1CC[C@@H]2C(=O)CBr. The quantitative estimate of drug-likeness (QED) is 0.582. The van der Waals surface area contributed by atoms with Crippen LogP contribution in [0.2, 0.25) is 0 Å². The molecule has 0 amide bonds. The molecule has 0 spiro atoms. The van der Waals surface area contributed by atoms with Crippen molar-refractivity contribution in [3.05, 3.63) is 0 Å². The molecule has 0 radical (unpaired) electrons. The van der Waals surface area contributed by atoms with Gasteiger partial charge in [0.25, 0.3) is 0 Å². The Kier molecular flexibility index (Phi) is 3.57. The maximum atomic E-state index is 12.5. The van der Waals surface area contributed by atoms with Gasteiger partial charge >= 0.3 is 0 Å². The minimum atomic E-state index is 0.329. The van der Waals surface area contributed by atoms with E-state index in [0.717, 1.165) is 41.4 Å². The minimum absolute atomic E-state index is 0.329. The number of halogens is 1. The highest BCUT2D eigenvalue weighted by atomic mass is 79.9. The van der Waals surface area contributed by atoms with Gasteiger partial charge in [0.1, 0.15) is 5.78 Å². The number of carbonyl (C=O) groups is 1. The van der Waals surface area contributed by atoms with Gasteiger partial charge in [0.05, 0.1) is 5.33 Å². The predicted octanol–water partition coefficient (Wildman–Crippen LogP) is 5.47. The van der Waals surface area contributed by atoms with Gasteiger partial charge < -0.3 is 0 Å². The zero-order valence-corrected chi connectivity index (χ0v) is 16.1. The summed E-state index contributed by atoms with van der Waals surface area (Å²) in [5, 5.41) is 0.571. The second-order valence-corrected chi connectivity index (χ2v) is 10.4. The van der Waals surface area contributed by atoms with E-state index in [0.29, 0.717) is 22.4 Å². The molecular formula is C21H31BrO. The van der Waals surface area contributed by atoms with Crippen molar-refractivity contribution in [2.45, 2.75) is 64.7 Å². The molecular weight excluding hydrogens is 348 g/mol. The normalized spacial score (nSPS) is 57.0. The third-order valence-electron chi connectivity index (χ3n) is 9.34. The van der Waals surface area contributed by atoms with Gasteiger partial charge in [-0.1, -0.05) is 22.9 Å². The fourth-order valence-electron chi connectivity index (χ4n) is 8.30. The van der Waals surface area contributed by atoms with Crippen LogP contribution in [0.25, 0.3) is 0 Å². The molecule has 5 aliphatic carbocycles. The van der Waals surface area contributed by atoms with Crippen LogP contribution in [0.1, 0.15) is 64.7 Å². The number of carbonyl (C=O) groups excluding carboxylic acids is 1. The highest BCUT2D eigenvalue weighted by Gasteiger charge is 2.60. The molecule has 2 heteroatoms. The van der Waals surface area contributed by atoms with Crippen LogP contribution in [0.3, 0.4) is 0 Å². The highest BCUT2D eigenvalue weighted by molar-refractivity contribution is 9.09. The highest BCUT2D eigenvalue weighted by Crippen LogP contribution is 2.67. The Morgan fingerprint density at radius 1 is 0.913 bits per heavy atom. The first kappa shape index (κ1) is 15.4. The van der Waals surface area contributed by atoms with Crippen molar-refractivity contribution in [3.63, 3.8) is 0 Å². The first-order valence-electron chi connectivity index (χ1n) is 10.2. The molecule has 5 fully saturated rings. The largest absolute Gasteiger partial charge is 0.298 e. The lowest BCUT2D eigenvalue weighted by Crippen LogP contribution is -2.49. The second-order valence-electron chi connectivity index (χ2n) is 9.85. The number of ketones is 1. The van der Waals surface area contributed by atoms with E-state index in [1.54, 1.807) is 19.3 Å². The van der Waals surface area contributed by atoms with E-state index in [2.05, 4.69) is 22.9 Å². The summed E-state index contributed by atoms with van der Waals surface area (Å²) in [6.07, 6.45) is 12.9. The number of Topliss-reactive ketones (excluding diaryl/α,β-unsaturated/α-hetero) is 1. The van der Waals surface area contributed by atoms with E-state index in [9.17, 15) is 4.79 Å². The van der Waals surface area contributed by atoms with Crippen LogP contribution in [0.15, 0.2) is 0 Å². The second kappa shape index (κ2) is 5.32. The molecule has 4 unspecified atom stereocenters. The third-order valence-corrected chi connectivity index (χ3v) is 9.90. The lowest BCUT2D eigenvalue weighted by molar-refractivity contribution is -0.127. The summed E-state index contributed by atoms with van der Waals surface area (Å²) in [4.78, 5) is 12.5. The molecule has 0 saturated heterocycles. The first-order valence-corrected chi connectivity index (χ1v) is 11.3. The van der Waals surface area contributed by atoms with Crippen molar-refractivity contribution >= 4 is 21.7 Å². The fraction of sp³-hybridized carbons (Fsp3) is 0.952. The Morgan fingerprint density at radius 3 is 2.43 bits per heavy atom. The van der Waals surface area contributed by atoms with Crippen molar-refractivity contribution in [1.82, 2.24) is 0 Å². The average Bonchev–Trinajstić information content (AvgIpc) is 3.28. The van der Waals surface area contributed by atoms with Gasteiger partial charge in [-0.15, -0.1) is 0 Å². The number of alkyl halides is 1. The lowest BCUT2D eigenvalue weighted by Gasteiger charge is -2.55. The Hall–Kier alpha value is 0.150. The van der Waals surface area contributed by atoms with Crippen LogP contribution in [0.4, 0.5) is 0 Å². The number of rotatable bonds is 2. The summed E-state index contributed by atoms with van der Waals surface area (Å²) in [6.45, 7) is 2.48. The van der Waals surface area contributed by atoms with Crippen molar-refractivity contribution < 1.29 is 4.79 Å². The van der Waals surface area contributed by atoms with Gasteiger partial charge in [-0.05, 0) is 105 Å². The Balaban J connectivity index is 1.40. The van der Waals surface area contributed by atoms with Crippen LogP contribution in [-0.2, 0) is 4.79 Å². The zero-order valence-electron chi connectivity index (χ0n) is 14.5. The standard InChI is InChI=1S/C21H31BrO/c1-21-9-8-15-13-3-2-12-10-17(12)14(13)4-5-16(15)18(21)6-7-19(21)20(23)11-22/h12-19H,2-11H2,1H3/t12-,13+,14?,15?,16-,17?,18?,19-,21+/m1/s1. The van der Waals surface area contributed by atoms with Gasteiger partial charge in [-0.2, -0.15) is 0 Å². The third kappa shape index (κ3) is 2.12. The first-order chi connectivity index (χ1) is 11.1. The Labute approximate surface area is 149 Å². The van der Waals surface area contributed by atoms with Crippen LogP contribution in [0, 0.1) is 52.8 Å². The van der Waals surface area contributed by atoms with E-state index in [-0.39, 0.29) is 0 Å². The molecule has 5 rings (SSSR count). The summed E-state index contributed by atoms with van der Waals surface area (Å²) in [5.74, 6) is 8.10. The van der Waals surface area contributed by atoms with Crippen LogP contribution in [-0.4, -0.2) is 11.1 Å². The van der Waals surface area contributed by atoms with Crippen molar-refractivity contribution in [1.29, 1.82) is 0 Å². The molecule has 23 heavy (non-hydrogen) atoms. The molecule has 9 atom stereocenters. The predicted molar refractivity (Wildman–Crippen MR) is 96.4 cm³/mol. The smallest absolute Gasteiger partial charge is 0.147 e. The molecule has 0 heterocycles. The van der Waals surface area contributed by atoms with Gasteiger partial charge in [0.15, 0.2) is 0 Å². The molecule has 0 aromatic rings. The summed E-state index contributed by atoms with van der Waals surface area (Å²) in [5.41, 5.74) is 0.329. The van der Waals surface area contributed by atoms with Gasteiger partial charge in [-0.3, -0.25) is 4.79 Å². The van der Waals surface area contributed by atoms with Crippen LogP contribution < -0.4 is 0 Å². The Morgan fingerprint density at radius 2 is 1.61 bits per heavy atom. The molecule has 0 aliphatic heterocycles. The fourth-order valence-corrected chi connectivity index (χ4v) is 8.69. The molecule has 0 aromatic carbocycles. The molecule has 0 bridgehead atoms. The van der Waals surface area contributed by atoms with Crippen molar-refractivity contribution in [2.75, 3.05) is 5.33 Å². The molecule has 5 aliphatic rings. The maximum Gasteiger partial charge on any atom is 0.147 e. The molecule has 0 N–H and O–H groups in total. The van der Waals surface area contributed by atoms with Gasteiger partial charge in [0.2, 0.25) is 0 Å². The summed E-state index contributed by atoms with van der Waals surface area (Å²) >= 11 is 3.44. The lowest BCUT2D eigenvalue weighted by atomic mass is 9.49. The van der Waals surface area contributed by atoms with Crippen molar-refractivity contribution in [2.24, 2.45) is 52.8 Å². The van der Waals surface area contributed by atoms with Crippen molar-refractivity contribution in [3.8, 4) is 0 Å². The zero-order chi connectivity index (χ0) is 15.8. The topological polar surface area (TPSA) is 17.1 Å². The van der Waals surface area contributed by atoms with E-state index in [4.69, 9.17) is 0 Å². The summed E-state index contributed by atoms with van der Waals surface area (Å²) in [6, 6.07) is 0. The van der Waals surface area contributed by atoms with Crippen LogP contribution >= 0.6 is 15.9 Å². The van der Waals surface area contributed by atoms with E-state index in [1.165, 1.54) is 38.5 Å². The summed E-state index contributed by atoms with van der Waals surface area (Å²) in [7, 11) is 0. The maximum absolute atomic E-state index is 12.5. The summed E-state index contributed by atoms with van der Waals surface area (Å²) < 4.78 is 0.